The zero-order chi connectivity index (χ0) is 29.5. The Hall–Kier alpha value is -3.56. The molecule has 1 aliphatic rings. The molecule has 0 radical (unpaired) electrons. The van der Waals surface area contributed by atoms with Crippen LogP contribution in [0.2, 0.25) is 0 Å². The molecule has 0 unspecified atom stereocenters. The van der Waals surface area contributed by atoms with Gasteiger partial charge in [0.25, 0.3) is 4.93 Å². The number of carbonyl (C=O) groups is 5. The molecule has 1 heterocycles. The van der Waals surface area contributed by atoms with Crippen LogP contribution in [0.4, 0.5) is 0 Å². The van der Waals surface area contributed by atoms with Crippen LogP contribution in [-0.2, 0) is 57.5 Å². The summed E-state index contributed by atoms with van der Waals surface area (Å²) in [5.74, 6) is -4.90. The van der Waals surface area contributed by atoms with E-state index in [1.54, 1.807) is 0 Å². The van der Waals surface area contributed by atoms with E-state index in [9.17, 15) is 37.5 Å². The van der Waals surface area contributed by atoms with Crippen LogP contribution >= 0.6 is 0 Å². The van der Waals surface area contributed by atoms with Gasteiger partial charge in [0, 0.05) is 34.1 Å². The van der Waals surface area contributed by atoms with Crippen molar-refractivity contribution in [1.82, 2.24) is 5.32 Å². The average Bonchev–Trinajstić information content (AvgIpc) is 2.86. The smallest absolute Gasteiger partial charge is 0.354 e. The Balaban J connectivity index is 2.89. The molecule has 1 amide bonds. The Bertz CT molecular complexity index is 1190. The van der Waals surface area contributed by atoms with Crippen molar-refractivity contribution in [3.63, 3.8) is 0 Å². The van der Waals surface area contributed by atoms with Gasteiger partial charge in [0.2, 0.25) is 15.7 Å². The lowest BCUT2D eigenvalue weighted by molar-refractivity contribution is -0.224. The van der Waals surface area contributed by atoms with Gasteiger partial charge in [-0.3, -0.25) is 19.2 Å². The maximum atomic E-state index is 14.0. The van der Waals surface area contributed by atoms with E-state index < -0.39 is 88.0 Å². The molecule has 1 fully saturated rings. The number of nitrogens with one attached hydrogen (secondary N) is 1. The van der Waals surface area contributed by atoms with Gasteiger partial charge in [0.15, 0.2) is 12.2 Å². The number of benzene rings is 1. The van der Waals surface area contributed by atoms with E-state index >= 15 is 0 Å². The van der Waals surface area contributed by atoms with E-state index in [4.69, 9.17) is 23.7 Å². The van der Waals surface area contributed by atoms with Gasteiger partial charge in [0.1, 0.15) is 12.2 Å². The summed E-state index contributed by atoms with van der Waals surface area (Å²) in [5, 5.41) is 12.4. The summed E-state index contributed by atoms with van der Waals surface area (Å²) in [6.07, 6.45) is -7.72. The molecule has 6 atom stereocenters. The number of methoxy groups -OCH3 is 1. The predicted molar refractivity (Wildman–Crippen MR) is 129 cm³/mol. The number of rotatable bonds is 10. The second-order valence-corrected chi connectivity index (χ2v) is 10.8. The van der Waals surface area contributed by atoms with Crippen molar-refractivity contribution in [2.45, 2.75) is 74.4 Å². The van der Waals surface area contributed by atoms with Crippen LogP contribution in [0, 0.1) is 0 Å². The van der Waals surface area contributed by atoms with Gasteiger partial charge in [0.05, 0.1) is 24.7 Å². The zero-order valence-electron chi connectivity index (χ0n) is 21.9. The SMILES string of the molecule is COC(=O)[C@@]1(S(=O)(=O)c2ccccc2)C[C@H](OC(C)=O)[C@@H](NC(C)=O)[C@H]([C@H](OC(C)=O)[C@@H](CO)OC(C)=O)O1. The molecular formula is C24H31NO13S. The van der Waals surface area contributed by atoms with Crippen molar-refractivity contribution >= 4 is 39.6 Å². The van der Waals surface area contributed by atoms with E-state index in [0.29, 0.717) is 0 Å². The van der Waals surface area contributed by atoms with Crippen LogP contribution in [0.1, 0.15) is 34.1 Å². The molecule has 0 saturated carbocycles. The molecule has 0 bridgehead atoms. The minimum atomic E-state index is -4.82. The summed E-state index contributed by atoms with van der Waals surface area (Å²) in [4.78, 5) is 58.1. The van der Waals surface area contributed by atoms with E-state index in [0.717, 1.165) is 34.8 Å². The maximum Gasteiger partial charge on any atom is 0.354 e. The number of carbonyl (C=O) groups excluding carboxylic acids is 5. The lowest BCUT2D eigenvalue weighted by atomic mass is 9.89. The highest BCUT2D eigenvalue weighted by molar-refractivity contribution is 7.93. The van der Waals surface area contributed by atoms with Crippen molar-refractivity contribution in [3.05, 3.63) is 30.3 Å². The minimum absolute atomic E-state index is 0.364. The van der Waals surface area contributed by atoms with Crippen LogP contribution in [-0.4, -0.2) is 92.4 Å². The molecular weight excluding hydrogens is 542 g/mol. The Labute approximate surface area is 224 Å². The number of aliphatic hydroxyl groups is 1. The first-order valence-corrected chi connectivity index (χ1v) is 13.1. The minimum Gasteiger partial charge on any atom is -0.466 e. The molecule has 15 heteroatoms. The Kier molecular flexibility index (Phi) is 10.5. The van der Waals surface area contributed by atoms with Crippen LogP contribution < -0.4 is 5.32 Å². The third-order valence-electron chi connectivity index (χ3n) is 5.71. The monoisotopic (exact) mass is 573 g/mol. The summed E-state index contributed by atoms with van der Waals surface area (Å²) in [6, 6.07) is 5.25. The molecule has 216 valence electrons. The van der Waals surface area contributed by atoms with Crippen molar-refractivity contribution in [2.75, 3.05) is 13.7 Å². The van der Waals surface area contributed by atoms with Crippen molar-refractivity contribution in [2.24, 2.45) is 0 Å². The normalized spacial score (nSPS) is 24.4. The lowest BCUT2D eigenvalue weighted by Crippen LogP contribution is -2.70. The molecule has 1 aromatic rings. The largest absolute Gasteiger partial charge is 0.466 e. The van der Waals surface area contributed by atoms with Gasteiger partial charge in [-0.05, 0) is 12.1 Å². The highest BCUT2D eigenvalue weighted by Crippen LogP contribution is 2.42. The average molecular weight is 574 g/mol. The number of hydrogen-bond acceptors (Lipinski definition) is 13. The molecule has 1 saturated heterocycles. The van der Waals surface area contributed by atoms with E-state index in [1.807, 2.05) is 0 Å². The van der Waals surface area contributed by atoms with Crippen molar-refractivity contribution < 1.29 is 61.2 Å². The molecule has 0 spiro atoms. The molecule has 0 aliphatic carbocycles. The first-order chi connectivity index (χ1) is 18.2. The van der Waals surface area contributed by atoms with Crippen LogP contribution in [0.3, 0.4) is 0 Å². The highest BCUT2D eigenvalue weighted by atomic mass is 32.2. The third kappa shape index (κ3) is 7.10. The molecule has 14 nitrogen and oxygen atoms in total. The Morgan fingerprint density at radius 2 is 1.62 bits per heavy atom. The van der Waals surface area contributed by atoms with Gasteiger partial charge in [-0.15, -0.1) is 0 Å². The molecule has 1 aromatic carbocycles. The predicted octanol–water partition coefficient (Wildman–Crippen LogP) is -0.589. The van der Waals surface area contributed by atoms with Crippen molar-refractivity contribution in [3.8, 4) is 0 Å². The number of esters is 4. The summed E-state index contributed by atoms with van der Waals surface area (Å²) in [5.41, 5.74) is 0. The van der Waals surface area contributed by atoms with Gasteiger partial charge in [-0.25, -0.2) is 13.2 Å². The fraction of sp³-hybridized carbons (Fsp3) is 0.542. The van der Waals surface area contributed by atoms with Crippen LogP contribution in [0.15, 0.2) is 35.2 Å². The number of sulfone groups is 1. The summed E-state index contributed by atoms with van der Waals surface area (Å²) >= 11 is 0. The summed E-state index contributed by atoms with van der Waals surface area (Å²) in [6.45, 7) is 3.14. The standard InChI is InChI=1S/C24H31NO13S/c1-13(27)25-20-18(35-14(2)28)11-24(23(31)34-5,39(32,33)17-9-7-6-8-10-17)38-22(20)21(37-16(4)30)19(12-26)36-15(3)29/h6-10,18-22,26H,11-12H2,1-5H3,(H,25,27)/t18-,19+,20+,21+,22+,24-/m0/s1. The van der Waals surface area contributed by atoms with Gasteiger partial charge < -0.3 is 34.1 Å². The Morgan fingerprint density at radius 1 is 1.03 bits per heavy atom. The second kappa shape index (κ2) is 13.0. The van der Waals surface area contributed by atoms with Crippen LogP contribution in [0.5, 0.6) is 0 Å². The molecule has 0 aromatic heterocycles. The fourth-order valence-electron chi connectivity index (χ4n) is 4.28. The first-order valence-electron chi connectivity index (χ1n) is 11.7. The van der Waals surface area contributed by atoms with Crippen LogP contribution in [0.25, 0.3) is 0 Å². The fourth-order valence-corrected chi connectivity index (χ4v) is 6.10. The molecule has 2 rings (SSSR count). The molecule has 2 N–H and O–H groups in total. The lowest BCUT2D eigenvalue weighted by Gasteiger charge is -2.48. The van der Waals surface area contributed by atoms with E-state index in [-0.39, 0.29) is 4.90 Å². The third-order valence-corrected chi connectivity index (χ3v) is 7.90. The first kappa shape index (κ1) is 31.7. The summed E-state index contributed by atoms with van der Waals surface area (Å²) in [7, 11) is -3.91. The number of aliphatic hydroxyl groups excluding tert-OH is 1. The van der Waals surface area contributed by atoms with Crippen molar-refractivity contribution in [1.29, 1.82) is 0 Å². The van der Waals surface area contributed by atoms with E-state index in [2.05, 4.69) is 5.32 Å². The molecule has 39 heavy (non-hydrogen) atoms. The van der Waals surface area contributed by atoms with E-state index in [1.165, 1.54) is 30.3 Å². The second-order valence-electron chi connectivity index (χ2n) is 8.63. The number of hydrogen-bond donors (Lipinski definition) is 2. The zero-order valence-corrected chi connectivity index (χ0v) is 22.8. The maximum absolute atomic E-state index is 14.0. The quantitative estimate of drug-likeness (QED) is 0.266. The number of amides is 1. The topological polar surface area (TPSA) is 198 Å². The van der Waals surface area contributed by atoms with Gasteiger partial charge >= 0.3 is 23.9 Å². The molecule has 1 aliphatic heterocycles. The van der Waals surface area contributed by atoms with Gasteiger partial charge in [-0.2, -0.15) is 0 Å². The van der Waals surface area contributed by atoms with Gasteiger partial charge in [-0.1, -0.05) is 18.2 Å². The Morgan fingerprint density at radius 3 is 2.08 bits per heavy atom. The highest BCUT2D eigenvalue weighted by Gasteiger charge is 2.64. The summed E-state index contributed by atoms with van der Waals surface area (Å²) < 4.78 is 54.5. The number of ether oxygens (including phenoxy) is 5.